The number of rotatable bonds is 6. The van der Waals surface area contributed by atoms with Gasteiger partial charge < -0.3 is 9.47 Å². The van der Waals surface area contributed by atoms with Crippen LogP contribution in [-0.2, 0) is 11.2 Å². The third-order valence-corrected chi connectivity index (χ3v) is 4.12. The highest BCUT2D eigenvalue weighted by atomic mass is 16.5. The van der Waals surface area contributed by atoms with Crippen LogP contribution >= 0.6 is 0 Å². The molecule has 0 aliphatic rings. The molecule has 2 rings (SSSR count). The van der Waals surface area contributed by atoms with E-state index < -0.39 is 0 Å². The third kappa shape index (κ3) is 4.35. The van der Waals surface area contributed by atoms with Gasteiger partial charge in [0.1, 0.15) is 18.1 Å². The Morgan fingerprint density at radius 1 is 0.913 bits per heavy atom. The maximum absolute atomic E-state index is 12.2. The van der Waals surface area contributed by atoms with Gasteiger partial charge in [0.25, 0.3) is 0 Å². The van der Waals surface area contributed by atoms with Crippen LogP contribution in [-0.4, -0.2) is 19.5 Å². The van der Waals surface area contributed by atoms with Crippen LogP contribution in [0.1, 0.15) is 27.8 Å². The third-order valence-electron chi connectivity index (χ3n) is 4.12. The molecule has 2 aromatic rings. The molecule has 0 saturated carbocycles. The van der Waals surface area contributed by atoms with Crippen LogP contribution in [0, 0.1) is 27.7 Å². The molecule has 0 fully saturated rings. The molecule has 122 valence electrons. The summed E-state index contributed by atoms with van der Waals surface area (Å²) in [6, 6.07) is 9.86. The number of carbonyl (C=O) groups excluding carboxylic acids is 1. The van der Waals surface area contributed by atoms with Gasteiger partial charge in [0, 0.05) is 6.42 Å². The van der Waals surface area contributed by atoms with Crippen LogP contribution in [0.5, 0.6) is 11.5 Å². The van der Waals surface area contributed by atoms with E-state index in [1.165, 1.54) is 5.56 Å². The van der Waals surface area contributed by atoms with Crippen molar-refractivity contribution in [1.82, 2.24) is 0 Å². The van der Waals surface area contributed by atoms with Crippen molar-refractivity contribution in [3.05, 3.63) is 58.1 Å². The lowest BCUT2D eigenvalue weighted by Gasteiger charge is -2.12. The number of hydrogen-bond acceptors (Lipinski definition) is 3. The SMILES string of the molecule is COc1cc(C)c(CC(=O)COc2ccc(C)c(C)c2)cc1C. The Balaban J connectivity index is 1.99. The summed E-state index contributed by atoms with van der Waals surface area (Å²) in [5.74, 6) is 1.66. The van der Waals surface area contributed by atoms with Crippen molar-refractivity contribution < 1.29 is 14.3 Å². The number of methoxy groups -OCH3 is 1. The Morgan fingerprint density at radius 2 is 1.65 bits per heavy atom. The first-order valence-electron chi connectivity index (χ1n) is 7.76. The Morgan fingerprint density at radius 3 is 2.30 bits per heavy atom. The second-order valence-corrected chi connectivity index (χ2v) is 6.00. The predicted octanol–water partition coefficient (Wildman–Crippen LogP) is 4.12. The average Bonchev–Trinajstić information content (AvgIpc) is 2.51. The average molecular weight is 312 g/mol. The molecular formula is C20H24O3. The van der Waals surface area contributed by atoms with Gasteiger partial charge in [-0.05, 0) is 73.7 Å². The van der Waals surface area contributed by atoms with Crippen molar-refractivity contribution in [1.29, 1.82) is 0 Å². The largest absolute Gasteiger partial charge is 0.496 e. The minimum absolute atomic E-state index is 0.0656. The van der Waals surface area contributed by atoms with Crippen molar-refractivity contribution in [3.63, 3.8) is 0 Å². The lowest BCUT2D eigenvalue weighted by Crippen LogP contribution is -2.14. The van der Waals surface area contributed by atoms with Crippen LogP contribution in [0.2, 0.25) is 0 Å². The zero-order valence-electron chi connectivity index (χ0n) is 14.5. The molecule has 23 heavy (non-hydrogen) atoms. The molecule has 3 nitrogen and oxygen atoms in total. The van der Waals surface area contributed by atoms with Crippen molar-refractivity contribution in [3.8, 4) is 11.5 Å². The molecule has 0 saturated heterocycles. The molecule has 0 aliphatic heterocycles. The molecule has 0 bridgehead atoms. The minimum atomic E-state index is 0.0656. The van der Waals surface area contributed by atoms with Crippen molar-refractivity contribution in [2.45, 2.75) is 34.1 Å². The van der Waals surface area contributed by atoms with Gasteiger partial charge in [0.2, 0.25) is 0 Å². The predicted molar refractivity (Wildman–Crippen MR) is 92.6 cm³/mol. The number of ether oxygens (including phenoxy) is 2. The zero-order valence-corrected chi connectivity index (χ0v) is 14.5. The number of benzene rings is 2. The minimum Gasteiger partial charge on any atom is -0.496 e. The highest BCUT2D eigenvalue weighted by Gasteiger charge is 2.10. The second-order valence-electron chi connectivity index (χ2n) is 6.00. The maximum Gasteiger partial charge on any atom is 0.174 e. The molecule has 0 spiro atoms. The fourth-order valence-corrected chi connectivity index (χ4v) is 2.49. The number of carbonyl (C=O) groups is 1. The number of ketones is 1. The summed E-state index contributed by atoms with van der Waals surface area (Å²) in [6.07, 6.45) is 0.376. The fraction of sp³-hybridized carbons (Fsp3) is 0.350. The van der Waals surface area contributed by atoms with Crippen LogP contribution in [0.25, 0.3) is 0 Å². The van der Waals surface area contributed by atoms with Crippen LogP contribution in [0.15, 0.2) is 30.3 Å². The molecule has 0 radical (unpaired) electrons. The molecule has 0 aliphatic carbocycles. The Hall–Kier alpha value is -2.29. The summed E-state index contributed by atoms with van der Waals surface area (Å²) in [5, 5.41) is 0. The summed E-state index contributed by atoms with van der Waals surface area (Å²) < 4.78 is 10.9. The van der Waals surface area contributed by atoms with Crippen molar-refractivity contribution in [2.75, 3.05) is 13.7 Å². The van der Waals surface area contributed by atoms with E-state index in [0.29, 0.717) is 6.42 Å². The standard InChI is InChI=1S/C20H24O3/c1-13-6-7-19(9-14(13)2)23-12-18(21)11-17-8-16(4)20(22-5)10-15(17)3/h6-10H,11-12H2,1-5H3. The summed E-state index contributed by atoms with van der Waals surface area (Å²) in [6.45, 7) is 8.16. The van der Waals surface area contributed by atoms with E-state index in [1.54, 1.807) is 7.11 Å². The van der Waals surface area contributed by atoms with Gasteiger partial charge in [-0.2, -0.15) is 0 Å². The van der Waals surface area contributed by atoms with E-state index in [-0.39, 0.29) is 12.4 Å². The van der Waals surface area contributed by atoms with E-state index in [9.17, 15) is 4.79 Å². The first kappa shape index (κ1) is 17.1. The van der Waals surface area contributed by atoms with E-state index in [2.05, 4.69) is 6.92 Å². The van der Waals surface area contributed by atoms with E-state index >= 15 is 0 Å². The second kappa shape index (κ2) is 7.32. The van der Waals surface area contributed by atoms with Gasteiger partial charge in [-0.25, -0.2) is 0 Å². The van der Waals surface area contributed by atoms with Crippen LogP contribution in [0.4, 0.5) is 0 Å². The van der Waals surface area contributed by atoms with Gasteiger partial charge in [-0.1, -0.05) is 12.1 Å². The molecule has 2 aromatic carbocycles. The lowest BCUT2D eigenvalue weighted by molar-refractivity contribution is -0.120. The lowest BCUT2D eigenvalue weighted by atomic mass is 10.00. The summed E-state index contributed by atoms with van der Waals surface area (Å²) in [5.41, 5.74) is 5.50. The summed E-state index contributed by atoms with van der Waals surface area (Å²) in [7, 11) is 1.66. The number of Topliss-reactive ketones (excluding diaryl/α,β-unsaturated/α-hetero) is 1. The molecule has 3 heteroatoms. The first-order valence-corrected chi connectivity index (χ1v) is 7.76. The van der Waals surface area contributed by atoms with Gasteiger partial charge in [0.05, 0.1) is 7.11 Å². The van der Waals surface area contributed by atoms with Gasteiger partial charge in [0.15, 0.2) is 5.78 Å². The van der Waals surface area contributed by atoms with Gasteiger partial charge in [-0.3, -0.25) is 4.79 Å². The Kier molecular flexibility index (Phi) is 5.43. The van der Waals surface area contributed by atoms with Crippen LogP contribution < -0.4 is 9.47 Å². The highest BCUT2D eigenvalue weighted by molar-refractivity contribution is 5.82. The molecule has 0 heterocycles. The topological polar surface area (TPSA) is 35.5 Å². The monoisotopic (exact) mass is 312 g/mol. The molecule has 0 N–H and O–H groups in total. The first-order chi connectivity index (χ1) is 10.9. The molecule has 0 amide bonds. The summed E-state index contributed by atoms with van der Waals surface area (Å²) >= 11 is 0. The molecule has 0 atom stereocenters. The fourth-order valence-electron chi connectivity index (χ4n) is 2.49. The number of hydrogen-bond donors (Lipinski definition) is 0. The van der Waals surface area contributed by atoms with Gasteiger partial charge >= 0.3 is 0 Å². The normalized spacial score (nSPS) is 10.5. The molecule has 0 aromatic heterocycles. The van der Waals surface area contributed by atoms with Crippen molar-refractivity contribution >= 4 is 5.78 Å². The maximum atomic E-state index is 12.2. The van der Waals surface area contributed by atoms with E-state index in [1.807, 2.05) is 51.1 Å². The molecule has 0 unspecified atom stereocenters. The Bertz CT molecular complexity index is 717. The highest BCUT2D eigenvalue weighted by Crippen LogP contribution is 2.23. The van der Waals surface area contributed by atoms with Crippen molar-refractivity contribution in [2.24, 2.45) is 0 Å². The quantitative estimate of drug-likeness (QED) is 0.805. The van der Waals surface area contributed by atoms with E-state index in [4.69, 9.17) is 9.47 Å². The van der Waals surface area contributed by atoms with E-state index in [0.717, 1.165) is 33.8 Å². The Labute approximate surface area is 138 Å². The number of aryl methyl sites for hydroxylation is 4. The van der Waals surface area contributed by atoms with Crippen LogP contribution in [0.3, 0.4) is 0 Å². The zero-order chi connectivity index (χ0) is 17.0. The summed E-state index contributed by atoms with van der Waals surface area (Å²) in [4.78, 5) is 12.2. The molecular weight excluding hydrogens is 288 g/mol. The van der Waals surface area contributed by atoms with Gasteiger partial charge in [-0.15, -0.1) is 0 Å². The smallest absolute Gasteiger partial charge is 0.174 e.